The van der Waals surface area contributed by atoms with Crippen molar-refractivity contribution < 1.29 is 0 Å². The summed E-state index contributed by atoms with van der Waals surface area (Å²) in [5, 5.41) is 0. The Balaban J connectivity index is 0.613. The van der Waals surface area contributed by atoms with Gasteiger partial charge in [-0.1, -0.05) is 298 Å². The average molecular weight is 1230 g/mol. The number of benzene rings is 13. The molecule has 0 bridgehead atoms. The predicted molar refractivity (Wildman–Crippen MR) is 408 cm³/mol. The number of anilines is 6. The first-order valence-corrected chi connectivity index (χ1v) is 34.0. The summed E-state index contributed by atoms with van der Waals surface area (Å²) in [5.74, 6) is 0. The Hall–Kier alpha value is -11.1. The third-order valence-electron chi connectivity index (χ3n) is 21.9. The highest BCUT2D eigenvalue weighted by Gasteiger charge is 2.41. The molecule has 96 heavy (non-hydrogen) atoms. The van der Waals surface area contributed by atoms with Crippen LogP contribution in [0, 0.1) is 0 Å². The molecule has 0 radical (unpaired) electrons. The molecule has 17 rings (SSSR count). The summed E-state index contributed by atoms with van der Waals surface area (Å²) in [6.07, 6.45) is 9.03. The molecule has 4 aliphatic carbocycles. The SMILES string of the molecule is CC1(C)c2ccccc2-c2ccc(N(c3ccc(-c4ccccc4)cc3)c3ccc4c(c3)C(C)(C)c3cc(/C=C/c5ccc(/C=C/c6ccc7c(c6)C(C)(C)c6cc(N(c8ccc(-c9ccccc9)cc8)c8ccc9c(c8)C(C)(C)c8ccccc8-9)ccc6-7)cc5)ccc3-4)cc21. The smallest absolute Gasteiger partial charge is 0.0465 e. The minimum absolute atomic E-state index is 0.119. The lowest BCUT2D eigenvalue weighted by Gasteiger charge is -2.30. The molecule has 13 aromatic carbocycles. The summed E-state index contributed by atoms with van der Waals surface area (Å²) in [6.45, 7) is 19.0. The van der Waals surface area contributed by atoms with Crippen LogP contribution in [0.15, 0.2) is 291 Å². The highest BCUT2D eigenvalue weighted by atomic mass is 15.1. The van der Waals surface area contributed by atoms with Crippen molar-refractivity contribution in [3.05, 3.63) is 358 Å². The summed E-state index contributed by atoms with van der Waals surface area (Å²) in [4.78, 5) is 4.92. The molecule has 0 unspecified atom stereocenters. The normalized spacial score (nSPS) is 14.9. The van der Waals surface area contributed by atoms with Gasteiger partial charge in [0.15, 0.2) is 0 Å². The van der Waals surface area contributed by atoms with Gasteiger partial charge in [0, 0.05) is 55.8 Å². The van der Waals surface area contributed by atoms with E-state index in [2.05, 4.69) is 381 Å². The summed E-state index contributed by atoms with van der Waals surface area (Å²) < 4.78 is 0. The van der Waals surface area contributed by atoms with Gasteiger partial charge in [0.05, 0.1) is 0 Å². The maximum atomic E-state index is 2.46. The zero-order valence-electron chi connectivity index (χ0n) is 55.9. The van der Waals surface area contributed by atoms with Crippen molar-refractivity contribution in [2.24, 2.45) is 0 Å². The molecule has 0 spiro atoms. The van der Waals surface area contributed by atoms with Crippen LogP contribution in [0.1, 0.15) is 122 Å². The van der Waals surface area contributed by atoms with E-state index in [0.717, 1.165) is 34.1 Å². The Bertz CT molecular complexity index is 4970. The lowest BCUT2D eigenvalue weighted by atomic mass is 9.81. The number of nitrogens with zero attached hydrogens (tertiary/aromatic N) is 2. The minimum atomic E-state index is -0.222. The first-order chi connectivity index (χ1) is 46.6. The van der Waals surface area contributed by atoms with Crippen LogP contribution in [-0.2, 0) is 21.7 Å². The molecule has 4 aliphatic rings. The number of fused-ring (bicyclic) bond motifs is 12. The molecule has 462 valence electrons. The van der Waals surface area contributed by atoms with Crippen molar-refractivity contribution >= 4 is 58.4 Å². The molecule has 2 nitrogen and oxygen atoms in total. The number of rotatable bonds is 12. The third kappa shape index (κ3) is 9.59. The van der Waals surface area contributed by atoms with Crippen molar-refractivity contribution in [1.29, 1.82) is 0 Å². The molecule has 0 saturated heterocycles. The van der Waals surface area contributed by atoms with E-state index in [1.807, 2.05) is 0 Å². The summed E-state index contributed by atoms with van der Waals surface area (Å²) in [6, 6.07) is 109. The van der Waals surface area contributed by atoms with Crippen molar-refractivity contribution in [2.75, 3.05) is 9.80 Å². The molecule has 0 heterocycles. The lowest BCUT2D eigenvalue weighted by Crippen LogP contribution is -2.18. The average Bonchev–Trinajstić information content (AvgIpc) is 1.59. The van der Waals surface area contributed by atoms with E-state index in [4.69, 9.17) is 0 Å². The summed E-state index contributed by atoms with van der Waals surface area (Å²) in [7, 11) is 0. The fourth-order valence-corrected chi connectivity index (χ4v) is 16.5. The van der Waals surface area contributed by atoms with E-state index in [1.54, 1.807) is 0 Å². The summed E-state index contributed by atoms with van der Waals surface area (Å²) >= 11 is 0. The molecular weight excluding hydrogens is 1160 g/mol. The minimum Gasteiger partial charge on any atom is -0.310 e. The van der Waals surface area contributed by atoms with Gasteiger partial charge in [0.1, 0.15) is 0 Å². The van der Waals surface area contributed by atoms with Crippen molar-refractivity contribution in [1.82, 2.24) is 0 Å². The first kappa shape index (κ1) is 58.7. The van der Waals surface area contributed by atoms with Crippen LogP contribution < -0.4 is 9.80 Å². The van der Waals surface area contributed by atoms with Crippen LogP contribution >= 0.6 is 0 Å². The predicted octanol–water partition coefficient (Wildman–Crippen LogP) is 25.5. The maximum Gasteiger partial charge on any atom is 0.0465 e. The molecule has 0 N–H and O–H groups in total. The monoisotopic (exact) mass is 1230 g/mol. The quantitative estimate of drug-likeness (QED) is 0.113. The van der Waals surface area contributed by atoms with Crippen LogP contribution in [-0.4, -0.2) is 0 Å². The number of hydrogen-bond acceptors (Lipinski definition) is 2. The van der Waals surface area contributed by atoms with E-state index in [1.165, 1.54) is 134 Å². The molecule has 0 amide bonds. The standard InChI is InChI=1S/C94H76N2/c1-91(2)83-25-17-15-23-75(83)79-51-45-71(57-87(79)91)95(69-41-37-67(38-42-69)65-19-11-9-12-20-65)73-47-53-81-77-49-35-63(55-85(77)93(5,6)89(81)59-73)33-31-61-27-29-62(30-28-61)32-34-64-36-50-78-82-54-48-74(60-90(82)94(7,8)86(78)56-64)96(70-43-39-68(40-44-70)66-21-13-10-14-22-66)72-46-52-80-76-24-16-18-26-84(76)92(3,4)88(80)58-72/h9-60H,1-8H3/b33-31+,34-32+. The van der Waals surface area contributed by atoms with E-state index >= 15 is 0 Å². The Morgan fingerprint density at radius 2 is 0.417 bits per heavy atom. The zero-order chi connectivity index (χ0) is 65.2. The highest BCUT2D eigenvalue weighted by Crippen LogP contribution is 2.56. The van der Waals surface area contributed by atoms with E-state index in [-0.39, 0.29) is 21.7 Å². The van der Waals surface area contributed by atoms with Gasteiger partial charge in [-0.15, -0.1) is 0 Å². The second-order valence-corrected chi connectivity index (χ2v) is 29.0. The highest BCUT2D eigenvalue weighted by molar-refractivity contribution is 5.92. The summed E-state index contributed by atoms with van der Waals surface area (Å²) in [5.41, 5.74) is 37.2. The molecule has 0 atom stereocenters. The fourth-order valence-electron chi connectivity index (χ4n) is 16.5. The van der Waals surface area contributed by atoms with Gasteiger partial charge < -0.3 is 9.80 Å². The van der Waals surface area contributed by atoms with Crippen LogP contribution in [0.25, 0.3) is 91.1 Å². The van der Waals surface area contributed by atoms with Gasteiger partial charge in [0.25, 0.3) is 0 Å². The topological polar surface area (TPSA) is 6.48 Å². The second kappa shape index (κ2) is 22.3. The second-order valence-electron chi connectivity index (χ2n) is 29.0. The first-order valence-electron chi connectivity index (χ1n) is 34.0. The maximum absolute atomic E-state index is 2.46. The van der Waals surface area contributed by atoms with Gasteiger partial charge in [0.2, 0.25) is 0 Å². The van der Waals surface area contributed by atoms with Crippen molar-refractivity contribution in [3.63, 3.8) is 0 Å². The molecule has 13 aromatic rings. The van der Waals surface area contributed by atoms with E-state index in [0.29, 0.717) is 0 Å². The van der Waals surface area contributed by atoms with Crippen LogP contribution in [0.5, 0.6) is 0 Å². The number of hydrogen-bond donors (Lipinski definition) is 0. The Labute approximate surface area is 566 Å². The van der Waals surface area contributed by atoms with Crippen LogP contribution in [0.3, 0.4) is 0 Å². The van der Waals surface area contributed by atoms with Gasteiger partial charge in [-0.25, -0.2) is 0 Å². The molecule has 0 aromatic heterocycles. The van der Waals surface area contributed by atoms with Gasteiger partial charge in [-0.05, 0) is 206 Å². The molecule has 0 aliphatic heterocycles. The third-order valence-corrected chi connectivity index (χ3v) is 21.9. The van der Waals surface area contributed by atoms with Crippen molar-refractivity contribution in [2.45, 2.75) is 77.0 Å². The van der Waals surface area contributed by atoms with Crippen molar-refractivity contribution in [3.8, 4) is 66.8 Å². The molecule has 0 fully saturated rings. The Morgan fingerprint density at radius 1 is 0.188 bits per heavy atom. The van der Waals surface area contributed by atoms with Crippen LogP contribution in [0.4, 0.5) is 34.1 Å². The molecular formula is C94H76N2. The van der Waals surface area contributed by atoms with Gasteiger partial charge >= 0.3 is 0 Å². The van der Waals surface area contributed by atoms with E-state index < -0.39 is 0 Å². The Kier molecular flexibility index (Phi) is 13.6. The fraction of sp³-hybridized carbons (Fsp3) is 0.128. The van der Waals surface area contributed by atoms with E-state index in [9.17, 15) is 0 Å². The zero-order valence-corrected chi connectivity index (χ0v) is 55.9. The largest absolute Gasteiger partial charge is 0.310 e. The lowest BCUT2D eigenvalue weighted by molar-refractivity contribution is 0.659. The molecule has 0 saturated carbocycles. The Morgan fingerprint density at radius 3 is 0.750 bits per heavy atom. The molecule has 2 heteroatoms. The van der Waals surface area contributed by atoms with Gasteiger partial charge in [-0.3, -0.25) is 0 Å². The van der Waals surface area contributed by atoms with Crippen LogP contribution in [0.2, 0.25) is 0 Å². The van der Waals surface area contributed by atoms with Gasteiger partial charge in [-0.2, -0.15) is 0 Å².